The number of methoxy groups -OCH3 is 1. The van der Waals surface area contributed by atoms with E-state index in [1.165, 1.54) is 14.2 Å². The van der Waals surface area contributed by atoms with Crippen LogP contribution in [0.1, 0.15) is 19.3 Å². The minimum atomic E-state index is -3.44. The first-order valence-corrected chi connectivity index (χ1v) is 8.31. The van der Waals surface area contributed by atoms with Crippen molar-refractivity contribution in [1.82, 2.24) is 10.2 Å². The molecule has 0 saturated carbocycles. The molecule has 0 radical (unpaired) electrons. The van der Waals surface area contributed by atoms with Crippen molar-refractivity contribution in [3.8, 4) is 0 Å². The number of ether oxygens (including phenoxy) is 1. The lowest BCUT2D eigenvalue weighted by Gasteiger charge is -2.31. The summed E-state index contributed by atoms with van der Waals surface area (Å²) in [4.78, 5) is 24.6. The molecule has 116 valence electrons. The van der Waals surface area contributed by atoms with Crippen molar-refractivity contribution >= 4 is 21.7 Å². The lowest BCUT2D eigenvalue weighted by molar-refractivity contribution is -0.133. The topological polar surface area (TPSA) is 92.8 Å². The Morgan fingerprint density at radius 1 is 1.30 bits per heavy atom. The van der Waals surface area contributed by atoms with Gasteiger partial charge in [0, 0.05) is 27.2 Å². The van der Waals surface area contributed by atoms with Gasteiger partial charge in [0.25, 0.3) is 0 Å². The third-order valence-corrected chi connectivity index (χ3v) is 5.59. The lowest BCUT2D eigenvalue weighted by atomic mass is 10.1. The lowest BCUT2D eigenvalue weighted by Crippen LogP contribution is -2.44. The molecule has 0 aromatic carbocycles. The van der Waals surface area contributed by atoms with Crippen LogP contribution in [0.4, 0.5) is 0 Å². The Morgan fingerprint density at radius 2 is 1.90 bits per heavy atom. The molecule has 0 unspecified atom stereocenters. The summed E-state index contributed by atoms with van der Waals surface area (Å²) in [6, 6.07) is 0. The number of piperidine rings is 1. The Balaban J connectivity index is 2.49. The van der Waals surface area contributed by atoms with E-state index in [1.54, 1.807) is 4.90 Å². The van der Waals surface area contributed by atoms with Crippen LogP contribution in [-0.4, -0.2) is 70.0 Å². The first kappa shape index (κ1) is 16.9. The second-order valence-electron chi connectivity index (χ2n) is 4.80. The summed E-state index contributed by atoms with van der Waals surface area (Å²) in [7, 11) is -0.491. The maximum absolute atomic E-state index is 12.0. The molecule has 7 nitrogen and oxygen atoms in total. The minimum Gasteiger partial charge on any atom is -0.384 e. The number of nitrogens with zero attached hydrogens (tertiary/aromatic N) is 1. The number of nitrogens with one attached hydrogen (secondary N) is 1. The minimum absolute atomic E-state index is 0.0194. The highest BCUT2D eigenvalue weighted by Gasteiger charge is 2.32. The van der Waals surface area contributed by atoms with Crippen LogP contribution in [0.3, 0.4) is 0 Å². The van der Waals surface area contributed by atoms with Crippen molar-refractivity contribution in [3.05, 3.63) is 0 Å². The van der Waals surface area contributed by atoms with Gasteiger partial charge < -0.3 is 15.0 Å². The second kappa shape index (κ2) is 7.58. The van der Waals surface area contributed by atoms with Crippen LogP contribution in [0.15, 0.2) is 0 Å². The second-order valence-corrected chi connectivity index (χ2v) is 7.08. The highest BCUT2D eigenvalue weighted by molar-refractivity contribution is 7.92. The Hall–Kier alpha value is -1.15. The first-order chi connectivity index (χ1) is 9.40. The molecule has 1 aliphatic heterocycles. The van der Waals surface area contributed by atoms with E-state index in [0.717, 1.165) is 0 Å². The zero-order valence-electron chi connectivity index (χ0n) is 11.9. The van der Waals surface area contributed by atoms with Gasteiger partial charge in [0.05, 0.1) is 18.3 Å². The van der Waals surface area contributed by atoms with Crippen molar-refractivity contribution in [2.75, 3.05) is 39.6 Å². The summed E-state index contributed by atoms with van der Waals surface area (Å²) < 4.78 is 28.9. The average molecular weight is 306 g/mol. The third-order valence-electron chi connectivity index (χ3n) is 3.43. The molecule has 0 bridgehead atoms. The molecule has 1 N–H and O–H groups in total. The van der Waals surface area contributed by atoms with Gasteiger partial charge in [0.15, 0.2) is 9.84 Å². The van der Waals surface area contributed by atoms with Gasteiger partial charge in [-0.05, 0) is 12.8 Å². The van der Waals surface area contributed by atoms with Gasteiger partial charge >= 0.3 is 0 Å². The van der Waals surface area contributed by atoms with Crippen molar-refractivity contribution in [2.45, 2.75) is 24.5 Å². The van der Waals surface area contributed by atoms with E-state index in [4.69, 9.17) is 4.74 Å². The summed E-state index contributed by atoms with van der Waals surface area (Å²) in [6.45, 7) is 1.20. The number of hydrogen-bond acceptors (Lipinski definition) is 5. The molecule has 0 aliphatic carbocycles. The molecule has 1 saturated heterocycles. The Bertz CT molecular complexity index is 441. The number of hydrogen-bond donors (Lipinski definition) is 1. The number of rotatable bonds is 6. The molecule has 1 fully saturated rings. The molecule has 20 heavy (non-hydrogen) atoms. The Labute approximate surface area is 119 Å². The van der Waals surface area contributed by atoms with Crippen LogP contribution in [0.25, 0.3) is 0 Å². The van der Waals surface area contributed by atoms with Gasteiger partial charge in [-0.1, -0.05) is 0 Å². The monoisotopic (exact) mass is 306 g/mol. The molecular formula is C12H22N2O5S. The predicted molar refractivity (Wildman–Crippen MR) is 73.9 cm³/mol. The van der Waals surface area contributed by atoms with Crippen LogP contribution >= 0.6 is 0 Å². The van der Waals surface area contributed by atoms with Crippen molar-refractivity contribution < 1.29 is 22.7 Å². The van der Waals surface area contributed by atoms with Gasteiger partial charge in [-0.25, -0.2) is 8.42 Å². The van der Waals surface area contributed by atoms with Crippen molar-refractivity contribution in [3.63, 3.8) is 0 Å². The molecule has 8 heteroatoms. The molecule has 1 heterocycles. The van der Waals surface area contributed by atoms with Gasteiger partial charge in [0.2, 0.25) is 11.8 Å². The molecule has 2 amide bonds. The standard InChI is InChI=1S/C12H22N2O5S/c1-13-11(15)9-20(17,18)10-3-6-14(7-4-10)12(16)5-8-19-2/h10H,3-9H2,1-2H3,(H,13,15). The van der Waals surface area contributed by atoms with Crippen molar-refractivity contribution in [2.24, 2.45) is 0 Å². The Kier molecular flexibility index (Phi) is 6.41. The summed E-state index contributed by atoms with van der Waals surface area (Å²) >= 11 is 0. The number of carbonyl (C=O) groups excluding carboxylic acids is 2. The first-order valence-electron chi connectivity index (χ1n) is 6.59. The van der Waals surface area contributed by atoms with Crippen LogP contribution in [-0.2, 0) is 24.2 Å². The quantitative estimate of drug-likeness (QED) is 0.692. The Morgan fingerprint density at radius 3 is 2.40 bits per heavy atom. The van der Waals surface area contributed by atoms with E-state index in [9.17, 15) is 18.0 Å². The largest absolute Gasteiger partial charge is 0.384 e. The SMILES string of the molecule is CNC(=O)CS(=O)(=O)C1CCN(C(=O)CCOC)CC1. The maximum Gasteiger partial charge on any atom is 0.234 e. The molecule has 0 spiro atoms. The smallest absolute Gasteiger partial charge is 0.234 e. The van der Waals surface area contributed by atoms with Crippen LogP contribution in [0.2, 0.25) is 0 Å². The summed E-state index contributed by atoms with van der Waals surface area (Å²) in [5, 5.41) is 1.78. The summed E-state index contributed by atoms with van der Waals surface area (Å²) in [5.74, 6) is -0.996. The zero-order valence-corrected chi connectivity index (χ0v) is 12.7. The highest BCUT2D eigenvalue weighted by atomic mass is 32.2. The summed E-state index contributed by atoms with van der Waals surface area (Å²) in [6.07, 6.45) is 1.09. The fourth-order valence-electron chi connectivity index (χ4n) is 2.18. The normalized spacial score (nSPS) is 17.0. The van der Waals surface area contributed by atoms with E-state index >= 15 is 0 Å². The third kappa shape index (κ3) is 4.75. The molecule has 0 aromatic rings. The maximum atomic E-state index is 12.0. The molecule has 1 aliphatic rings. The van der Waals surface area contributed by atoms with Gasteiger partial charge in [0.1, 0.15) is 5.75 Å². The number of sulfone groups is 1. The fraction of sp³-hybridized carbons (Fsp3) is 0.833. The van der Waals surface area contributed by atoms with Crippen LogP contribution in [0.5, 0.6) is 0 Å². The molecule has 1 rings (SSSR count). The number of likely N-dealkylation sites (tertiary alicyclic amines) is 1. The number of carbonyl (C=O) groups is 2. The van der Waals surface area contributed by atoms with E-state index < -0.39 is 26.7 Å². The highest BCUT2D eigenvalue weighted by Crippen LogP contribution is 2.19. The van der Waals surface area contributed by atoms with Crippen LogP contribution in [0, 0.1) is 0 Å². The average Bonchev–Trinajstić information content (AvgIpc) is 2.44. The number of amides is 2. The van der Waals surface area contributed by atoms with E-state index in [-0.39, 0.29) is 5.91 Å². The van der Waals surface area contributed by atoms with E-state index in [0.29, 0.717) is 39.0 Å². The molecule has 0 atom stereocenters. The van der Waals surface area contributed by atoms with Gasteiger partial charge in [-0.3, -0.25) is 9.59 Å². The predicted octanol–water partition coefficient (Wildman–Crippen LogP) is -0.825. The van der Waals surface area contributed by atoms with Crippen LogP contribution < -0.4 is 5.32 Å². The molecule has 0 aromatic heterocycles. The van der Waals surface area contributed by atoms with E-state index in [1.807, 2.05) is 0 Å². The van der Waals surface area contributed by atoms with E-state index in [2.05, 4.69) is 5.32 Å². The zero-order chi connectivity index (χ0) is 15.2. The van der Waals surface area contributed by atoms with Crippen molar-refractivity contribution in [1.29, 1.82) is 0 Å². The molecular weight excluding hydrogens is 284 g/mol. The van der Waals surface area contributed by atoms with Gasteiger partial charge in [-0.15, -0.1) is 0 Å². The fourth-order valence-corrected chi connectivity index (χ4v) is 3.86. The summed E-state index contributed by atoms with van der Waals surface area (Å²) in [5.41, 5.74) is 0. The van der Waals surface area contributed by atoms with Gasteiger partial charge in [-0.2, -0.15) is 0 Å².